The van der Waals surface area contributed by atoms with E-state index in [0.29, 0.717) is 17.1 Å². The number of carbonyl (C=O) groups is 1. The van der Waals surface area contributed by atoms with Crippen LogP contribution in [0.25, 0.3) is 10.9 Å². The third-order valence-electron chi connectivity index (χ3n) is 4.30. The third-order valence-corrected chi connectivity index (χ3v) is 5.14. The Bertz CT molecular complexity index is 1140. The lowest BCUT2D eigenvalue weighted by Crippen LogP contribution is -2.18. The molecule has 2 aromatic carbocycles. The molecule has 0 aliphatic rings. The van der Waals surface area contributed by atoms with E-state index < -0.39 is 0 Å². The number of fused-ring (bicyclic) bond motifs is 1. The summed E-state index contributed by atoms with van der Waals surface area (Å²) < 4.78 is 20.5. The summed E-state index contributed by atoms with van der Waals surface area (Å²) in [5, 5.41) is 13.0. The average Bonchev–Trinajstić information content (AvgIpc) is 3.29. The van der Waals surface area contributed by atoms with Crippen molar-refractivity contribution in [3.63, 3.8) is 0 Å². The fourth-order valence-corrected chi connectivity index (χ4v) is 3.77. The summed E-state index contributed by atoms with van der Waals surface area (Å²) in [5.74, 6) is 0.203. The summed E-state index contributed by atoms with van der Waals surface area (Å²) in [6.45, 7) is 0.0639. The van der Waals surface area contributed by atoms with E-state index in [1.54, 1.807) is 23.9 Å². The van der Waals surface area contributed by atoms with E-state index in [2.05, 4.69) is 15.5 Å². The van der Waals surface area contributed by atoms with E-state index in [4.69, 9.17) is 4.74 Å². The number of amides is 1. The van der Waals surface area contributed by atoms with Crippen molar-refractivity contribution >= 4 is 33.3 Å². The van der Waals surface area contributed by atoms with Crippen molar-refractivity contribution < 1.29 is 13.9 Å². The maximum absolute atomic E-state index is 13.5. The van der Waals surface area contributed by atoms with Crippen LogP contribution in [0.15, 0.2) is 54.7 Å². The van der Waals surface area contributed by atoms with Gasteiger partial charge in [-0.25, -0.2) is 4.39 Å². The second kappa shape index (κ2) is 7.77. The molecule has 0 spiro atoms. The van der Waals surface area contributed by atoms with Crippen LogP contribution in [0, 0.1) is 5.82 Å². The summed E-state index contributed by atoms with van der Waals surface area (Å²) in [7, 11) is 1.63. The molecule has 0 saturated heterocycles. The molecule has 0 radical (unpaired) electrons. The van der Waals surface area contributed by atoms with Crippen molar-refractivity contribution in [3.05, 3.63) is 71.1 Å². The highest BCUT2D eigenvalue weighted by molar-refractivity contribution is 7.15. The van der Waals surface area contributed by atoms with Gasteiger partial charge in [0.05, 0.1) is 12.6 Å². The lowest BCUT2D eigenvalue weighted by Gasteiger charge is -2.06. The minimum atomic E-state index is -0.335. The maximum Gasteiger partial charge on any atom is 0.246 e. The highest BCUT2D eigenvalue weighted by Crippen LogP contribution is 2.24. The van der Waals surface area contributed by atoms with Crippen LogP contribution >= 0.6 is 11.3 Å². The van der Waals surface area contributed by atoms with Gasteiger partial charge in [0.25, 0.3) is 0 Å². The van der Waals surface area contributed by atoms with E-state index in [0.717, 1.165) is 21.7 Å². The van der Waals surface area contributed by atoms with Gasteiger partial charge >= 0.3 is 0 Å². The van der Waals surface area contributed by atoms with Crippen molar-refractivity contribution in [1.82, 2.24) is 14.8 Å². The molecule has 4 aromatic rings. The van der Waals surface area contributed by atoms with Gasteiger partial charge in [-0.1, -0.05) is 29.5 Å². The Labute approximate surface area is 164 Å². The molecular weight excluding hydrogens is 379 g/mol. The third kappa shape index (κ3) is 3.86. The SMILES string of the molecule is COc1ccccc1Cc1nnc(NC(=O)Cn2ccc3ccc(F)cc32)s1. The van der Waals surface area contributed by atoms with Crippen LogP contribution in [-0.2, 0) is 17.8 Å². The van der Waals surface area contributed by atoms with Crippen LogP contribution in [0.4, 0.5) is 9.52 Å². The number of hydrogen-bond donors (Lipinski definition) is 1. The van der Waals surface area contributed by atoms with E-state index in [9.17, 15) is 9.18 Å². The Hall–Kier alpha value is -3.26. The standard InChI is InChI=1S/C20H17FN4O2S/c1-27-17-5-3-2-4-14(17)10-19-23-24-20(28-19)22-18(26)12-25-9-8-13-6-7-15(21)11-16(13)25/h2-9,11H,10,12H2,1H3,(H,22,24,26). The van der Waals surface area contributed by atoms with Crippen molar-refractivity contribution in [3.8, 4) is 5.75 Å². The van der Waals surface area contributed by atoms with Crippen molar-refractivity contribution in [2.45, 2.75) is 13.0 Å². The topological polar surface area (TPSA) is 69.0 Å². The molecule has 2 aromatic heterocycles. The minimum Gasteiger partial charge on any atom is -0.496 e. The summed E-state index contributed by atoms with van der Waals surface area (Å²) in [5.41, 5.74) is 1.67. The molecular formula is C20H17FN4O2S. The highest BCUT2D eigenvalue weighted by Gasteiger charge is 2.12. The number of halogens is 1. The molecule has 142 valence electrons. The Kier molecular flexibility index (Phi) is 5.03. The van der Waals surface area contributed by atoms with E-state index >= 15 is 0 Å². The zero-order valence-corrected chi connectivity index (χ0v) is 15.9. The van der Waals surface area contributed by atoms with Crippen LogP contribution in [-0.4, -0.2) is 27.8 Å². The Balaban J connectivity index is 1.43. The number of rotatable bonds is 6. The number of aromatic nitrogens is 3. The fraction of sp³-hybridized carbons (Fsp3) is 0.150. The monoisotopic (exact) mass is 396 g/mol. The van der Waals surface area contributed by atoms with Gasteiger partial charge in [-0.2, -0.15) is 0 Å². The summed E-state index contributed by atoms with van der Waals surface area (Å²) in [4.78, 5) is 12.4. The van der Waals surface area contributed by atoms with Crippen LogP contribution in [0.5, 0.6) is 5.75 Å². The zero-order chi connectivity index (χ0) is 19.5. The lowest BCUT2D eigenvalue weighted by molar-refractivity contribution is -0.116. The molecule has 0 aliphatic heterocycles. The van der Waals surface area contributed by atoms with Gasteiger partial charge in [0.2, 0.25) is 11.0 Å². The number of ether oxygens (including phenoxy) is 1. The van der Waals surface area contributed by atoms with Gasteiger partial charge in [-0.15, -0.1) is 10.2 Å². The molecule has 8 heteroatoms. The first-order chi connectivity index (χ1) is 13.6. The first-order valence-corrected chi connectivity index (χ1v) is 9.42. The van der Waals surface area contributed by atoms with Gasteiger partial charge in [-0.05, 0) is 35.7 Å². The summed E-state index contributed by atoms with van der Waals surface area (Å²) in [6.07, 6.45) is 2.33. The molecule has 0 bridgehead atoms. The Morgan fingerprint density at radius 2 is 2.07 bits per heavy atom. The zero-order valence-electron chi connectivity index (χ0n) is 15.1. The van der Waals surface area contributed by atoms with Crippen molar-refractivity contribution in [1.29, 1.82) is 0 Å². The molecule has 4 rings (SSSR count). The normalized spacial score (nSPS) is 10.9. The smallest absolute Gasteiger partial charge is 0.246 e. The molecule has 2 heterocycles. The van der Waals surface area contributed by atoms with Crippen LogP contribution in [0.2, 0.25) is 0 Å². The molecule has 0 saturated carbocycles. The number of anilines is 1. The number of para-hydroxylation sites is 1. The Morgan fingerprint density at radius 3 is 2.93 bits per heavy atom. The predicted octanol–water partition coefficient (Wildman–Crippen LogP) is 3.87. The molecule has 0 unspecified atom stereocenters. The molecule has 0 fully saturated rings. The number of benzene rings is 2. The largest absolute Gasteiger partial charge is 0.496 e. The van der Waals surface area contributed by atoms with E-state index in [1.165, 1.54) is 23.5 Å². The fourth-order valence-electron chi connectivity index (χ4n) is 3.00. The van der Waals surface area contributed by atoms with Gasteiger partial charge in [0, 0.05) is 18.2 Å². The van der Waals surface area contributed by atoms with Gasteiger partial charge in [0.1, 0.15) is 23.1 Å². The second-order valence-electron chi connectivity index (χ2n) is 6.18. The summed E-state index contributed by atoms with van der Waals surface area (Å²) in [6, 6.07) is 14.1. The van der Waals surface area contributed by atoms with Crippen LogP contribution in [0.1, 0.15) is 10.6 Å². The van der Waals surface area contributed by atoms with E-state index in [1.807, 2.05) is 30.3 Å². The lowest BCUT2D eigenvalue weighted by atomic mass is 10.1. The number of carbonyl (C=O) groups excluding carboxylic acids is 1. The van der Waals surface area contributed by atoms with Crippen molar-refractivity contribution in [2.24, 2.45) is 0 Å². The van der Waals surface area contributed by atoms with Crippen LogP contribution < -0.4 is 10.1 Å². The number of hydrogen-bond acceptors (Lipinski definition) is 5. The predicted molar refractivity (Wildman–Crippen MR) is 106 cm³/mol. The highest BCUT2D eigenvalue weighted by atomic mass is 32.1. The quantitative estimate of drug-likeness (QED) is 0.537. The number of methoxy groups -OCH3 is 1. The molecule has 1 N–H and O–H groups in total. The van der Waals surface area contributed by atoms with Gasteiger partial charge < -0.3 is 9.30 Å². The number of nitrogens with one attached hydrogen (secondary N) is 1. The molecule has 0 aliphatic carbocycles. The molecule has 1 amide bonds. The average molecular weight is 396 g/mol. The molecule has 28 heavy (non-hydrogen) atoms. The minimum absolute atomic E-state index is 0.0639. The molecule has 6 nitrogen and oxygen atoms in total. The van der Waals surface area contributed by atoms with E-state index in [-0.39, 0.29) is 18.3 Å². The van der Waals surface area contributed by atoms with Gasteiger partial charge in [-0.3, -0.25) is 10.1 Å². The van der Waals surface area contributed by atoms with Crippen LogP contribution in [0.3, 0.4) is 0 Å². The first kappa shape index (κ1) is 18.1. The first-order valence-electron chi connectivity index (χ1n) is 8.61. The maximum atomic E-state index is 13.5. The van der Waals surface area contributed by atoms with Gasteiger partial charge in [0.15, 0.2) is 0 Å². The Morgan fingerprint density at radius 1 is 1.21 bits per heavy atom. The summed E-state index contributed by atoms with van der Waals surface area (Å²) >= 11 is 1.31. The van der Waals surface area contributed by atoms with Crippen molar-refractivity contribution in [2.75, 3.05) is 12.4 Å². The molecule has 0 atom stereocenters. The number of nitrogens with zero attached hydrogens (tertiary/aromatic N) is 3. The second-order valence-corrected chi connectivity index (χ2v) is 7.25.